The molecule has 20 heavy (non-hydrogen) atoms. The van der Waals surface area contributed by atoms with E-state index in [1.54, 1.807) is 12.1 Å². The number of rotatable bonds is 9. The molecule has 1 rings (SSSR count). The van der Waals surface area contributed by atoms with Gasteiger partial charge in [0.25, 0.3) is 6.43 Å². The standard InChI is InChI=1S/C14H19BrF3NO/c1-2-19-12(5-6-20-9-14(17)18)8-10-7-11(15)3-4-13(10)16/h3-4,7,12,14,19H,2,5-6,8-9H2,1H3. The highest BCUT2D eigenvalue weighted by atomic mass is 79.9. The molecule has 0 aliphatic heterocycles. The molecular formula is C14H19BrF3NO. The molecule has 1 atom stereocenters. The van der Waals surface area contributed by atoms with Crippen LogP contribution in [-0.4, -0.2) is 32.2 Å². The third-order valence-electron chi connectivity index (χ3n) is 2.82. The zero-order valence-electron chi connectivity index (χ0n) is 11.3. The molecule has 0 fully saturated rings. The fourth-order valence-corrected chi connectivity index (χ4v) is 2.34. The number of hydrogen-bond donors (Lipinski definition) is 1. The van der Waals surface area contributed by atoms with Gasteiger partial charge in [-0.2, -0.15) is 0 Å². The lowest BCUT2D eigenvalue weighted by Crippen LogP contribution is -2.32. The van der Waals surface area contributed by atoms with Crippen molar-refractivity contribution in [1.82, 2.24) is 5.32 Å². The Balaban J connectivity index is 2.51. The van der Waals surface area contributed by atoms with Crippen LogP contribution in [0.15, 0.2) is 22.7 Å². The second-order valence-corrected chi connectivity index (χ2v) is 5.36. The first kappa shape index (κ1) is 17.5. The molecule has 114 valence electrons. The quantitative estimate of drug-likeness (QED) is 0.682. The van der Waals surface area contributed by atoms with E-state index in [0.29, 0.717) is 18.4 Å². The molecule has 0 aromatic heterocycles. The number of nitrogens with one attached hydrogen (secondary N) is 1. The lowest BCUT2D eigenvalue weighted by atomic mass is 10.0. The third-order valence-corrected chi connectivity index (χ3v) is 3.31. The minimum atomic E-state index is -2.45. The number of alkyl halides is 2. The van der Waals surface area contributed by atoms with Crippen LogP contribution in [0.1, 0.15) is 18.9 Å². The van der Waals surface area contributed by atoms with E-state index >= 15 is 0 Å². The molecule has 0 amide bonds. The Morgan fingerprint density at radius 1 is 1.35 bits per heavy atom. The summed E-state index contributed by atoms with van der Waals surface area (Å²) in [6.45, 7) is 2.36. The van der Waals surface area contributed by atoms with Crippen LogP contribution >= 0.6 is 15.9 Å². The summed E-state index contributed by atoms with van der Waals surface area (Å²) < 4.78 is 43.3. The average molecular weight is 354 g/mol. The molecule has 1 aromatic carbocycles. The Labute approximate surface area is 125 Å². The maximum atomic E-state index is 13.7. The summed E-state index contributed by atoms with van der Waals surface area (Å²) in [4.78, 5) is 0. The van der Waals surface area contributed by atoms with Crippen molar-refractivity contribution in [2.75, 3.05) is 19.8 Å². The Morgan fingerprint density at radius 3 is 2.75 bits per heavy atom. The maximum Gasteiger partial charge on any atom is 0.261 e. The maximum absolute atomic E-state index is 13.7. The van der Waals surface area contributed by atoms with Crippen LogP contribution < -0.4 is 5.32 Å². The fraction of sp³-hybridized carbons (Fsp3) is 0.571. The summed E-state index contributed by atoms with van der Waals surface area (Å²) in [5.41, 5.74) is 0.596. The van der Waals surface area contributed by atoms with Crippen molar-refractivity contribution in [1.29, 1.82) is 0 Å². The molecule has 0 spiro atoms. The van der Waals surface area contributed by atoms with Crippen LogP contribution in [0.3, 0.4) is 0 Å². The normalized spacial score (nSPS) is 12.9. The van der Waals surface area contributed by atoms with Gasteiger partial charge >= 0.3 is 0 Å². The predicted molar refractivity (Wildman–Crippen MR) is 76.7 cm³/mol. The topological polar surface area (TPSA) is 21.3 Å². The summed E-state index contributed by atoms with van der Waals surface area (Å²) in [6.07, 6.45) is -1.39. The summed E-state index contributed by atoms with van der Waals surface area (Å²) in [5, 5.41) is 3.22. The van der Waals surface area contributed by atoms with Gasteiger partial charge in [0.2, 0.25) is 0 Å². The zero-order valence-corrected chi connectivity index (χ0v) is 12.9. The van der Waals surface area contributed by atoms with Crippen LogP contribution in [0.2, 0.25) is 0 Å². The molecule has 6 heteroatoms. The first-order valence-electron chi connectivity index (χ1n) is 6.56. The zero-order chi connectivity index (χ0) is 15.0. The predicted octanol–water partition coefficient (Wildman–Crippen LogP) is 3.78. The van der Waals surface area contributed by atoms with Crippen LogP contribution in [0.5, 0.6) is 0 Å². The second-order valence-electron chi connectivity index (χ2n) is 4.45. The van der Waals surface area contributed by atoms with Gasteiger partial charge in [-0.3, -0.25) is 0 Å². The Hall–Kier alpha value is -0.590. The van der Waals surface area contributed by atoms with Crippen LogP contribution in [0, 0.1) is 5.82 Å². The summed E-state index contributed by atoms with van der Waals surface area (Å²) in [5.74, 6) is -0.260. The smallest absolute Gasteiger partial charge is 0.261 e. The first-order valence-corrected chi connectivity index (χ1v) is 7.35. The number of benzene rings is 1. The van der Waals surface area contributed by atoms with Crippen LogP contribution in [0.4, 0.5) is 13.2 Å². The largest absolute Gasteiger partial charge is 0.375 e. The molecule has 0 aliphatic rings. The van der Waals surface area contributed by atoms with Crippen molar-refractivity contribution in [2.45, 2.75) is 32.2 Å². The highest BCUT2D eigenvalue weighted by molar-refractivity contribution is 9.10. The van der Waals surface area contributed by atoms with E-state index in [1.807, 2.05) is 6.92 Å². The van der Waals surface area contributed by atoms with Crippen LogP contribution in [0.25, 0.3) is 0 Å². The lowest BCUT2D eigenvalue weighted by molar-refractivity contribution is 0.0144. The molecule has 0 bridgehead atoms. The SMILES string of the molecule is CCNC(CCOCC(F)F)Cc1cc(Br)ccc1F. The van der Waals surface area contributed by atoms with Crippen molar-refractivity contribution >= 4 is 15.9 Å². The van der Waals surface area contributed by atoms with Gasteiger partial charge in [0.15, 0.2) is 0 Å². The lowest BCUT2D eigenvalue weighted by Gasteiger charge is -2.18. The highest BCUT2D eigenvalue weighted by Crippen LogP contribution is 2.17. The molecule has 0 radical (unpaired) electrons. The number of likely N-dealkylation sites (N-methyl/N-ethyl adjacent to an activating group) is 1. The second kappa shape index (κ2) is 9.37. The van der Waals surface area contributed by atoms with Crippen molar-refractivity contribution < 1.29 is 17.9 Å². The monoisotopic (exact) mass is 353 g/mol. The molecule has 1 aromatic rings. The van der Waals surface area contributed by atoms with Crippen molar-refractivity contribution in [3.8, 4) is 0 Å². The first-order chi connectivity index (χ1) is 9.52. The van der Waals surface area contributed by atoms with Gasteiger partial charge in [0.1, 0.15) is 12.4 Å². The van der Waals surface area contributed by atoms with Gasteiger partial charge in [-0.1, -0.05) is 22.9 Å². The van der Waals surface area contributed by atoms with Gasteiger partial charge in [-0.05, 0) is 43.1 Å². The Morgan fingerprint density at radius 2 is 2.10 bits per heavy atom. The van der Waals surface area contributed by atoms with Gasteiger partial charge < -0.3 is 10.1 Å². The Bertz CT molecular complexity index is 404. The fourth-order valence-electron chi connectivity index (χ4n) is 1.93. The van der Waals surface area contributed by atoms with E-state index < -0.39 is 13.0 Å². The Kier molecular flexibility index (Phi) is 8.18. The average Bonchev–Trinajstić information content (AvgIpc) is 2.39. The molecule has 1 N–H and O–H groups in total. The van der Waals surface area contributed by atoms with E-state index in [1.165, 1.54) is 6.07 Å². The van der Waals surface area contributed by atoms with Gasteiger partial charge in [-0.15, -0.1) is 0 Å². The van der Waals surface area contributed by atoms with Gasteiger partial charge in [0, 0.05) is 17.1 Å². The van der Waals surface area contributed by atoms with Crippen molar-refractivity contribution in [3.05, 3.63) is 34.1 Å². The molecule has 0 saturated heterocycles. The molecule has 2 nitrogen and oxygen atoms in total. The molecule has 0 heterocycles. The van der Waals surface area contributed by atoms with E-state index in [4.69, 9.17) is 4.74 Å². The van der Waals surface area contributed by atoms with E-state index in [2.05, 4.69) is 21.2 Å². The molecule has 1 unspecified atom stereocenters. The number of hydrogen-bond acceptors (Lipinski definition) is 2. The highest BCUT2D eigenvalue weighted by Gasteiger charge is 2.12. The summed E-state index contributed by atoms with van der Waals surface area (Å²) in [6, 6.07) is 4.80. The summed E-state index contributed by atoms with van der Waals surface area (Å²) >= 11 is 3.31. The van der Waals surface area contributed by atoms with Crippen LogP contribution in [-0.2, 0) is 11.2 Å². The number of ether oxygens (including phenoxy) is 1. The molecule has 0 saturated carbocycles. The van der Waals surface area contributed by atoms with Gasteiger partial charge in [-0.25, -0.2) is 13.2 Å². The minimum absolute atomic E-state index is 0.00136. The van der Waals surface area contributed by atoms with E-state index in [-0.39, 0.29) is 18.5 Å². The van der Waals surface area contributed by atoms with E-state index in [0.717, 1.165) is 11.0 Å². The van der Waals surface area contributed by atoms with E-state index in [9.17, 15) is 13.2 Å². The van der Waals surface area contributed by atoms with Crippen molar-refractivity contribution in [3.63, 3.8) is 0 Å². The minimum Gasteiger partial charge on any atom is -0.375 e. The summed E-state index contributed by atoms with van der Waals surface area (Å²) in [7, 11) is 0. The van der Waals surface area contributed by atoms with Gasteiger partial charge in [0.05, 0.1) is 0 Å². The third kappa shape index (κ3) is 6.72. The molecular weight excluding hydrogens is 335 g/mol. The molecule has 0 aliphatic carbocycles. The van der Waals surface area contributed by atoms with Crippen molar-refractivity contribution in [2.24, 2.45) is 0 Å². The number of halogens is 4.